The Morgan fingerprint density at radius 1 is 1.00 bits per heavy atom. The van der Waals surface area contributed by atoms with Gasteiger partial charge in [-0.25, -0.2) is 0 Å². The molecule has 4 N–H and O–H groups in total. The van der Waals surface area contributed by atoms with Gasteiger partial charge in [-0.3, -0.25) is 9.59 Å². The SMILES string of the molecule is CCOc1ccccc1C(=O)NCCCC(=O)NCCc1ccc(N)cc1.Cl. The van der Waals surface area contributed by atoms with Gasteiger partial charge < -0.3 is 21.1 Å². The molecule has 0 atom stereocenters. The Labute approximate surface area is 172 Å². The number of nitrogens with one attached hydrogen (secondary N) is 2. The maximum atomic E-state index is 12.2. The molecule has 0 bridgehead atoms. The summed E-state index contributed by atoms with van der Waals surface area (Å²) < 4.78 is 5.46. The first-order valence-electron chi connectivity index (χ1n) is 9.21. The van der Waals surface area contributed by atoms with Gasteiger partial charge in [-0.1, -0.05) is 24.3 Å². The van der Waals surface area contributed by atoms with Crippen molar-refractivity contribution in [2.45, 2.75) is 26.2 Å². The molecule has 0 aliphatic heterocycles. The van der Waals surface area contributed by atoms with Crippen molar-refractivity contribution >= 4 is 29.9 Å². The van der Waals surface area contributed by atoms with Crippen LogP contribution in [0.1, 0.15) is 35.7 Å². The highest BCUT2D eigenvalue weighted by Gasteiger charge is 2.11. The molecule has 0 aromatic heterocycles. The standard InChI is InChI=1S/C21H27N3O3.ClH/c1-2-27-19-7-4-3-6-18(19)21(26)24-14-5-8-20(25)23-15-13-16-9-11-17(22)12-10-16;/h3-4,6-7,9-12H,2,5,8,13-15,22H2,1H3,(H,23,25)(H,24,26);1H. The molecule has 0 aliphatic rings. The smallest absolute Gasteiger partial charge is 0.255 e. The number of nitrogens with two attached hydrogens (primary N) is 1. The summed E-state index contributed by atoms with van der Waals surface area (Å²) in [5.41, 5.74) is 8.01. The number of carbonyl (C=O) groups excluding carboxylic acids is 2. The zero-order valence-corrected chi connectivity index (χ0v) is 16.9. The number of rotatable bonds is 10. The molecular formula is C21H28ClN3O3. The zero-order chi connectivity index (χ0) is 19.5. The van der Waals surface area contributed by atoms with Crippen LogP contribution in [0.5, 0.6) is 5.75 Å². The highest BCUT2D eigenvalue weighted by atomic mass is 35.5. The summed E-state index contributed by atoms with van der Waals surface area (Å²) in [5.74, 6) is 0.357. The van der Waals surface area contributed by atoms with Crippen molar-refractivity contribution in [3.8, 4) is 5.75 Å². The van der Waals surface area contributed by atoms with E-state index in [1.54, 1.807) is 18.2 Å². The molecule has 2 rings (SSSR count). The zero-order valence-electron chi connectivity index (χ0n) is 16.1. The van der Waals surface area contributed by atoms with Gasteiger partial charge >= 0.3 is 0 Å². The number of amides is 2. The first-order valence-corrected chi connectivity index (χ1v) is 9.21. The average Bonchev–Trinajstić information content (AvgIpc) is 2.67. The number of hydrogen-bond acceptors (Lipinski definition) is 4. The van der Waals surface area contributed by atoms with Crippen molar-refractivity contribution in [1.82, 2.24) is 10.6 Å². The van der Waals surface area contributed by atoms with Crippen LogP contribution in [0.3, 0.4) is 0 Å². The quantitative estimate of drug-likeness (QED) is 0.418. The highest BCUT2D eigenvalue weighted by molar-refractivity contribution is 5.96. The average molecular weight is 406 g/mol. The summed E-state index contributed by atoms with van der Waals surface area (Å²) in [6.45, 7) is 3.39. The van der Waals surface area contributed by atoms with Crippen molar-refractivity contribution in [2.75, 3.05) is 25.4 Å². The Bertz CT molecular complexity index is 751. The van der Waals surface area contributed by atoms with Crippen molar-refractivity contribution in [3.63, 3.8) is 0 Å². The van der Waals surface area contributed by atoms with E-state index in [2.05, 4.69) is 10.6 Å². The molecule has 7 heteroatoms. The van der Waals surface area contributed by atoms with Gasteiger partial charge in [0.2, 0.25) is 5.91 Å². The lowest BCUT2D eigenvalue weighted by Crippen LogP contribution is -2.28. The number of anilines is 1. The van der Waals surface area contributed by atoms with Crippen LogP contribution in [0.25, 0.3) is 0 Å². The third-order valence-electron chi connectivity index (χ3n) is 4.01. The van der Waals surface area contributed by atoms with E-state index in [1.807, 2.05) is 37.3 Å². The Balaban J connectivity index is 0.00000392. The van der Waals surface area contributed by atoms with Crippen molar-refractivity contribution in [2.24, 2.45) is 0 Å². The van der Waals surface area contributed by atoms with Crippen LogP contribution in [-0.2, 0) is 11.2 Å². The normalized spacial score (nSPS) is 9.89. The summed E-state index contributed by atoms with van der Waals surface area (Å²) in [6, 6.07) is 14.7. The molecule has 152 valence electrons. The summed E-state index contributed by atoms with van der Waals surface area (Å²) in [4.78, 5) is 24.1. The van der Waals surface area contributed by atoms with Crippen LogP contribution in [0.2, 0.25) is 0 Å². The molecule has 0 aliphatic carbocycles. The fourth-order valence-electron chi connectivity index (χ4n) is 2.60. The summed E-state index contributed by atoms with van der Waals surface area (Å²) >= 11 is 0. The van der Waals surface area contributed by atoms with Crippen molar-refractivity contribution in [1.29, 1.82) is 0 Å². The maximum absolute atomic E-state index is 12.2. The summed E-state index contributed by atoms with van der Waals surface area (Å²) in [5, 5.41) is 5.72. The molecule has 0 unspecified atom stereocenters. The topological polar surface area (TPSA) is 93.4 Å². The minimum atomic E-state index is -0.192. The van der Waals surface area contributed by atoms with Crippen molar-refractivity contribution in [3.05, 3.63) is 59.7 Å². The minimum Gasteiger partial charge on any atom is -0.493 e. The molecule has 28 heavy (non-hydrogen) atoms. The number of halogens is 1. The molecule has 0 saturated heterocycles. The van der Waals surface area contributed by atoms with E-state index in [4.69, 9.17) is 10.5 Å². The van der Waals surface area contributed by atoms with E-state index in [0.717, 1.165) is 17.7 Å². The molecular weight excluding hydrogens is 378 g/mol. The van der Waals surface area contributed by atoms with E-state index < -0.39 is 0 Å². The Kier molecular flexibility index (Phi) is 10.5. The summed E-state index contributed by atoms with van der Waals surface area (Å²) in [7, 11) is 0. The Morgan fingerprint density at radius 3 is 2.43 bits per heavy atom. The lowest BCUT2D eigenvalue weighted by Gasteiger charge is -2.10. The molecule has 0 radical (unpaired) electrons. The van der Waals surface area contributed by atoms with Crippen LogP contribution < -0.4 is 21.1 Å². The van der Waals surface area contributed by atoms with Gasteiger partial charge in [-0.05, 0) is 49.6 Å². The molecule has 2 aromatic carbocycles. The predicted molar refractivity (Wildman–Crippen MR) is 114 cm³/mol. The van der Waals surface area contributed by atoms with Gasteiger partial charge in [0.15, 0.2) is 0 Å². The van der Waals surface area contributed by atoms with E-state index in [-0.39, 0.29) is 24.2 Å². The predicted octanol–water partition coefficient (Wildman–Crippen LogP) is 2.96. The molecule has 2 aromatic rings. The largest absolute Gasteiger partial charge is 0.493 e. The fraction of sp³-hybridized carbons (Fsp3) is 0.333. The molecule has 0 spiro atoms. The number of ether oxygens (including phenoxy) is 1. The number of benzene rings is 2. The van der Waals surface area contributed by atoms with E-state index in [1.165, 1.54) is 0 Å². The van der Waals surface area contributed by atoms with Crippen LogP contribution >= 0.6 is 12.4 Å². The Morgan fingerprint density at radius 2 is 1.71 bits per heavy atom. The number of hydrogen-bond donors (Lipinski definition) is 3. The second kappa shape index (κ2) is 12.6. The fourth-order valence-corrected chi connectivity index (χ4v) is 2.60. The second-order valence-electron chi connectivity index (χ2n) is 6.13. The van der Waals surface area contributed by atoms with Crippen LogP contribution in [0, 0.1) is 0 Å². The van der Waals surface area contributed by atoms with Gasteiger partial charge in [-0.2, -0.15) is 0 Å². The molecule has 2 amide bonds. The van der Waals surface area contributed by atoms with E-state index >= 15 is 0 Å². The van der Waals surface area contributed by atoms with E-state index in [9.17, 15) is 9.59 Å². The Hall–Kier alpha value is -2.73. The first-order chi connectivity index (χ1) is 13.1. The maximum Gasteiger partial charge on any atom is 0.255 e. The highest BCUT2D eigenvalue weighted by Crippen LogP contribution is 2.17. The summed E-state index contributed by atoms with van der Waals surface area (Å²) in [6.07, 6.45) is 1.71. The van der Waals surface area contributed by atoms with Crippen LogP contribution in [-0.4, -0.2) is 31.5 Å². The monoisotopic (exact) mass is 405 g/mol. The van der Waals surface area contributed by atoms with Crippen molar-refractivity contribution < 1.29 is 14.3 Å². The number of nitrogen functional groups attached to an aromatic ring is 1. The lowest BCUT2D eigenvalue weighted by molar-refractivity contribution is -0.121. The molecule has 0 fully saturated rings. The molecule has 6 nitrogen and oxygen atoms in total. The number of carbonyl (C=O) groups is 2. The van der Waals surface area contributed by atoms with E-state index in [0.29, 0.717) is 43.9 Å². The van der Waals surface area contributed by atoms with Crippen LogP contribution in [0.15, 0.2) is 48.5 Å². The van der Waals surface area contributed by atoms with Gasteiger partial charge in [0.05, 0.1) is 12.2 Å². The number of para-hydroxylation sites is 1. The van der Waals surface area contributed by atoms with Gasteiger partial charge in [-0.15, -0.1) is 12.4 Å². The lowest BCUT2D eigenvalue weighted by atomic mass is 10.1. The third-order valence-corrected chi connectivity index (χ3v) is 4.01. The van der Waals surface area contributed by atoms with Gasteiger partial charge in [0, 0.05) is 25.2 Å². The molecule has 0 saturated carbocycles. The molecule has 0 heterocycles. The minimum absolute atomic E-state index is 0. The second-order valence-corrected chi connectivity index (χ2v) is 6.13. The van der Waals surface area contributed by atoms with Gasteiger partial charge in [0.1, 0.15) is 5.75 Å². The van der Waals surface area contributed by atoms with Crippen LogP contribution in [0.4, 0.5) is 5.69 Å². The first kappa shape index (κ1) is 23.3. The third kappa shape index (κ3) is 7.88. The van der Waals surface area contributed by atoms with Gasteiger partial charge in [0.25, 0.3) is 5.91 Å².